The van der Waals surface area contributed by atoms with Crippen LogP contribution in [0.15, 0.2) is 4.79 Å². The molecule has 0 unspecified atom stereocenters. The van der Waals surface area contributed by atoms with Gasteiger partial charge in [0.15, 0.2) is 5.78 Å². The predicted octanol–water partition coefficient (Wildman–Crippen LogP) is 1.69. The molecule has 1 rings (SSSR count). The van der Waals surface area contributed by atoms with E-state index >= 15 is 0 Å². The van der Waals surface area contributed by atoms with Crippen molar-refractivity contribution in [3.63, 3.8) is 0 Å². The summed E-state index contributed by atoms with van der Waals surface area (Å²) in [6.07, 6.45) is 0. The van der Waals surface area contributed by atoms with E-state index < -0.39 is 11.4 Å². The van der Waals surface area contributed by atoms with Crippen LogP contribution in [0.25, 0.3) is 0 Å². The highest BCUT2D eigenvalue weighted by atomic mass is 32.1. The number of ketones is 1. The number of Topliss-reactive ketones (excluding diaryl/α,β-unsaturated/α-hetero) is 1. The van der Waals surface area contributed by atoms with E-state index in [1.165, 1.54) is 18.4 Å². The third-order valence-electron chi connectivity index (χ3n) is 3.16. The van der Waals surface area contributed by atoms with Crippen LogP contribution in [0.5, 0.6) is 0 Å². The summed E-state index contributed by atoms with van der Waals surface area (Å²) in [6.45, 7) is 8.48. The zero-order valence-corrected chi connectivity index (χ0v) is 12.7. The number of hydrogen-bond acceptors (Lipinski definition) is 5. The normalized spacial score (nSPS) is 11.4. The van der Waals surface area contributed by atoms with E-state index in [0.29, 0.717) is 0 Å². The molecule has 0 N–H and O–H groups in total. The molecule has 6 heteroatoms. The zero-order chi connectivity index (χ0) is 14.8. The molecular formula is C13H19NO4S. The van der Waals surface area contributed by atoms with Gasteiger partial charge in [-0.1, -0.05) is 11.3 Å². The van der Waals surface area contributed by atoms with E-state index in [1.807, 2.05) is 6.92 Å². The van der Waals surface area contributed by atoms with Gasteiger partial charge in [-0.25, -0.2) is 0 Å². The predicted molar refractivity (Wildman–Crippen MR) is 73.5 cm³/mol. The Bertz CT molecular complexity index is 553. The Morgan fingerprint density at radius 3 is 2.32 bits per heavy atom. The first kappa shape index (κ1) is 15.6. The van der Waals surface area contributed by atoms with Gasteiger partial charge in [-0.15, -0.1) is 0 Å². The summed E-state index contributed by atoms with van der Waals surface area (Å²) in [6, 6.07) is 0. The molecular weight excluding hydrogens is 266 g/mol. The van der Waals surface area contributed by atoms with Gasteiger partial charge in [-0.05, 0) is 34.6 Å². The summed E-state index contributed by atoms with van der Waals surface area (Å²) >= 11 is 1.11. The standard InChI is InChI=1S/C13H19NO4S/c1-6-18-11(16)13(4,5)10(15)7-14-8(2)9(3)19-12(14)17/h6-7H2,1-5H3. The number of nitrogens with zero attached hydrogens (tertiary/aromatic N) is 1. The van der Waals surface area contributed by atoms with Gasteiger partial charge in [0.25, 0.3) is 0 Å². The van der Waals surface area contributed by atoms with Crippen LogP contribution in [-0.4, -0.2) is 22.9 Å². The summed E-state index contributed by atoms with van der Waals surface area (Å²) in [5.74, 6) is -0.883. The van der Waals surface area contributed by atoms with Crippen molar-refractivity contribution in [2.24, 2.45) is 5.41 Å². The maximum absolute atomic E-state index is 12.2. The molecule has 0 atom stereocenters. The molecule has 1 aromatic heterocycles. The molecule has 0 saturated heterocycles. The van der Waals surface area contributed by atoms with E-state index in [9.17, 15) is 14.4 Å². The second-order valence-electron chi connectivity index (χ2n) is 4.86. The Kier molecular flexibility index (Phi) is 4.68. The molecule has 0 spiro atoms. The van der Waals surface area contributed by atoms with Crippen molar-refractivity contribution in [2.75, 3.05) is 6.61 Å². The van der Waals surface area contributed by atoms with Crippen LogP contribution in [0.4, 0.5) is 0 Å². The lowest BCUT2D eigenvalue weighted by molar-refractivity contribution is -0.158. The summed E-state index contributed by atoms with van der Waals surface area (Å²) in [4.78, 5) is 36.4. The smallest absolute Gasteiger partial charge is 0.319 e. The molecule has 0 aromatic carbocycles. The Hall–Kier alpha value is -1.43. The number of carbonyl (C=O) groups excluding carboxylic acids is 2. The minimum absolute atomic E-state index is 0.0964. The molecule has 19 heavy (non-hydrogen) atoms. The molecule has 0 saturated carbocycles. The maximum Gasteiger partial charge on any atom is 0.319 e. The molecule has 0 radical (unpaired) electrons. The summed E-state index contributed by atoms with van der Waals surface area (Å²) in [7, 11) is 0. The fourth-order valence-electron chi connectivity index (χ4n) is 1.54. The number of ether oxygens (including phenoxy) is 1. The lowest BCUT2D eigenvalue weighted by atomic mass is 9.88. The van der Waals surface area contributed by atoms with Crippen LogP contribution >= 0.6 is 11.3 Å². The van der Waals surface area contributed by atoms with Gasteiger partial charge in [-0.2, -0.15) is 0 Å². The lowest BCUT2D eigenvalue weighted by Crippen LogP contribution is -2.38. The number of esters is 1. The number of aryl methyl sites for hydroxylation is 1. The average Bonchev–Trinajstić information content (AvgIpc) is 2.56. The Morgan fingerprint density at radius 2 is 1.89 bits per heavy atom. The first-order chi connectivity index (χ1) is 8.71. The molecule has 5 nitrogen and oxygen atoms in total. The van der Waals surface area contributed by atoms with Crippen molar-refractivity contribution in [3.05, 3.63) is 20.2 Å². The van der Waals surface area contributed by atoms with E-state index in [-0.39, 0.29) is 23.8 Å². The highest BCUT2D eigenvalue weighted by Crippen LogP contribution is 2.21. The van der Waals surface area contributed by atoms with Crippen LogP contribution in [-0.2, 0) is 20.9 Å². The lowest BCUT2D eigenvalue weighted by Gasteiger charge is -2.21. The third-order valence-corrected chi connectivity index (χ3v) is 4.16. The molecule has 0 fully saturated rings. The maximum atomic E-state index is 12.2. The van der Waals surface area contributed by atoms with E-state index in [2.05, 4.69) is 0 Å². The van der Waals surface area contributed by atoms with Gasteiger partial charge in [0.05, 0.1) is 13.2 Å². The molecule has 0 aliphatic heterocycles. The van der Waals surface area contributed by atoms with Gasteiger partial charge in [0, 0.05) is 10.6 Å². The Morgan fingerprint density at radius 1 is 1.32 bits per heavy atom. The van der Waals surface area contributed by atoms with Gasteiger partial charge in [0.1, 0.15) is 5.41 Å². The van der Waals surface area contributed by atoms with Crippen molar-refractivity contribution >= 4 is 23.1 Å². The third kappa shape index (κ3) is 3.12. The molecule has 106 valence electrons. The Balaban J connectivity index is 2.96. The molecule has 0 aliphatic rings. The van der Waals surface area contributed by atoms with Crippen molar-refractivity contribution < 1.29 is 14.3 Å². The quantitative estimate of drug-likeness (QED) is 0.610. The van der Waals surface area contributed by atoms with Crippen LogP contribution in [0.1, 0.15) is 31.3 Å². The van der Waals surface area contributed by atoms with E-state index in [1.54, 1.807) is 13.8 Å². The summed E-state index contributed by atoms with van der Waals surface area (Å²) in [5, 5.41) is 0. The monoisotopic (exact) mass is 285 g/mol. The highest BCUT2D eigenvalue weighted by molar-refractivity contribution is 7.09. The number of aromatic nitrogens is 1. The summed E-state index contributed by atoms with van der Waals surface area (Å²) < 4.78 is 6.29. The van der Waals surface area contributed by atoms with Gasteiger partial charge < -0.3 is 4.74 Å². The van der Waals surface area contributed by atoms with Crippen molar-refractivity contribution in [3.8, 4) is 0 Å². The van der Waals surface area contributed by atoms with Crippen molar-refractivity contribution in [1.82, 2.24) is 4.57 Å². The van der Waals surface area contributed by atoms with Crippen LogP contribution in [0.2, 0.25) is 0 Å². The van der Waals surface area contributed by atoms with E-state index in [4.69, 9.17) is 4.74 Å². The van der Waals surface area contributed by atoms with Crippen molar-refractivity contribution in [1.29, 1.82) is 0 Å². The van der Waals surface area contributed by atoms with Crippen LogP contribution in [0.3, 0.4) is 0 Å². The molecule has 1 heterocycles. The van der Waals surface area contributed by atoms with Crippen LogP contribution in [0, 0.1) is 19.3 Å². The molecule has 1 aromatic rings. The number of rotatable bonds is 5. The van der Waals surface area contributed by atoms with Gasteiger partial charge in [0.2, 0.25) is 0 Å². The second-order valence-corrected chi connectivity index (χ2v) is 6.03. The average molecular weight is 285 g/mol. The number of hydrogen-bond donors (Lipinski definition) is 0. The molecule has 0 aliphatic carbocycles. The largest absolute Gasteiger partial charge is 0.465 e. The highest BCUT2D eigenvalue weighted by Gasteiger charge is 2.37. The van der Waals surface area contributed by atoms with Gasteiger partial charge >= 0.3 is 10.8 Å². The first-order valence-electron chi connectivity index (χ1n) is 6.09. The number of carbonyl (C=O) groups is 2. The first-order valence-corrected chi connectivity index (χ1v) is 6.90. The fourth-order valence-corrected chi connectivity index (χ4v) is 2.37. The van der Waals surface area contributed by atoms with Crippen LogP contribution < -0.4 is 4.87 Å². The van der Waals surface area contributed by atoms with Gasteiger partial charge in [-0.3, -0.25) is 19.0 Å². The minimum atomic E-state index is -1.24. The SMILES string of the molecule is CCOC(=O)C(C)(C)C(=O)Cn1c(C)c(C)sc1=O. The summed E-state index contributed by atoms with van der Waals surface area (Å²) in [5.41, 5.74) is -0.472. The minimum Gasteiger partial charge on any atom is -0.465 e. The number of thiazole rings is 1. The second kappa shape index (κ2) is 5.69. The Labute approximate surface area is 116 Å². The zero-order valence-electron chi connectivity index (χ0n) is 11.9. The van der Waals surface area contributed by atoms with E-state index in [0.717, 1.165) is 21.9 Å². The molecule has 0 bridgehead atoms. The fraction of sp³-hybridized carbons (Fsp3) is 0.615. The van der Waals surface area contributed by atoms with Crippen molar-refractivity contribution in [2.45, 2.75) is 41.2 Å². The topological polar surface area (TPSA) is 65.4 Å². The molecule has 0 amide bonds.